The SMILES string of the molecule is O=S(=O)(NCCOc1ccc2nnc(-c3ccc(F)cc3)n2n1)c1ccccc1Cl. The van der Waals surface area contributed by atoms with E-state index >= 15 is 0 Å². The zero-order chi connectivity index (χ0) is 21.1. The molecule has 0 amide bonds. The molecule has 0 fully saturated rings. The van der Waals surface area contributed by atoms with Crippen LogP contribution in [0.2, 0.25) is 5.02 Å². The molecule has 154 valence electrons. The molecule has 2 aromatic heterocycles. The van der Waals surface area contributed by atoms with E-state index < -0.39 is 10.0 Å². The van der Waals surface area contributed by atoms with E-state index in [1.165, 1.54) is 28.8 Å². The molecule has 0 unspecified atom stereocenters. The van der Waals surface area contributed by atoms with E-state index in [4.69, 9.17) is 16.3 Å². The molecule has 2 aromatic carbocycles. The Hall–Kier alpha value is -3.08. The highest BCUT2D eigenvalue weighted by Crippen LogP contribution is 2.21. The normalized spacial score (nSPS) is 11.7. The molecule has 30 heavy (non-hydrogen) atoms. The number of nitrogens with one attached hydrogen (secondary N) is 1. The first-order valence-corrected chi connectivity index (χ1v) is 10.7. The van der Waals surface area contributed by atoms with Gasteiger partial charge in [0, 0.05) is 18.2 Å². The number of benzene rings is 2. The molecule has 8 nitrogen and oxygen atoms in total. The highest BCUT2D eigenvalue weighted by molar-refractivity contribution is 7.89. The van der Waals surface area contributed by atoms with Crippen molar-refractivity contribution >= 4 is 27.3 Å². The summed E-state index contributed by atoms with van der Waals surface area (Å²) in [7, 11) is -3.76. The number of hydrogen-bond donors (Lipinski definition) is 1. The summed E-state index contributed by atoms with van der Waals surface area (Å²) < 4.78 is 47.2. The molecule has 11 heteroatoms. The molecule has 4 aromatic rings. The average molecular weight is 448 g/mol. The summed E-state index contributed by atoms with van der Waals surface area (Å²) in [5.74, 6) is 0.321. The smallest absolute Gasteiger partial charge is 0.242 e. The Morgan fingerprint density at radius 2 is 1.80 bits per heavy atom. The second-order valence-electron chi connectivity index (χ2n) is 6.15. The molecule has 0 radical (unpaired) electrons. The van der Waals surface area contributed by atoms with Crippen LogP contribution in [0.4, 0.5) is 4.39 Å². The van der Waals surface area contributed by atoms with Crippen molar-refractivity contribution in [2.45, 2.75) is 4.90 Å². The Balaban J connectivity index is 1.44. The first-order valence-electron chi connectivity index (χ1n) is 8.79. The maximum atomic E-state index is 13.2. The number of hydrogen-bond acceptors (Lipinski definition) is 6. The zero-order valence-electron chi connectivity index (χ0n) is 15.4. The lowest BCUT2D eigenvalue weighted by Crippen LogP contribution is -2.28. The summed E-state index contributed by atoms with van der Waals surface area (Å²) in [6, 6.07) is 15.2. The standard InChI is InChI=1S/C19H15ClFN5O3S/c20-15-3-1-2-4-16(15)30(27,28)22-11-12-29-18-10-9-17-23-24-19(26(17)25-18)13-5-7-14(21)8-6-13/h1-10,22H,11-12H2. The molecule has 0 saturated carbocycles. The van der Waals surface area contributed by atoms with Gasteiger partial charge in [0.2, 0.25) is 15.9 Å². The van der Waals surface area contributed by atoms with Crippen LogP contribution >= 0.6 is 11.6 Å². The molecular weight excluding hydrogens is 433 g/mol. The Bertz CT molecular complexity index is 1300. The molecule has 0 bridgehead atoms. The van der Waals surface area contributed by atoms with Crippen molar-refractivity contribution in [2.24, 2.45) is 0 Å². The van der Waals surface area contributed by atoms with Crippen molar-refractivity contribution < 1.29 is 17.5 Å². The summed E-state index contributed by atoms with van der Waals surface area (Å²) in [6.45, 7) is 0.0521. The molecule has 0 aliphatic carbocycles. The second kappa shape index (κ2) is 8.34. The van der Waals surface area contributed by atoms with Gasteiger partial charge >= 0.3 is 0 Å². The summed E-state index contributed by atoms with van der Waals surface area (Å²) in [5, 5.41) is 12.6. The molecule has 1 N–H and O–H groups in total. The lowest BCUT2D eigenvalue weighted by Gasteiger charge is -2.09. The Morgan fingerprint density at radius 1 is 1.03 bits per heavy atom. The van der Waals surface area contributed by atoms with Gasteiger partial charge in [0.05, 0.1) is 5.02 Å². The van der Waals surface area contributed by atoms with Crippen LogP contribution in [0.15, 0.2) is 65.6 Å². The number of ether oxygens (including phenoxy) is 1. The summed E-state index contributed by atoms with van der Waals surface area (Å²) >= 11 is 5.94. The third kappa shape index (κ3) is 4.25. The van der Waals surface area contributed by atoms with Crippen molar-refractivity contribution in [1.29, 1.82) is 0 Å². The van der Waals surface area contributed by atoms with Crippen LogP contribution in [0.1, 0.15) is 0 Å². The number of halogens is 2. The zero-order valence-corrected chi connectivity index (χ0v) is 16.9. The molecule has 0 spiro atoms. The summed E-state index contributed by atoms with van der Waals surface area (Å²) in [4.78, 5) is -0.000333. The number of fused-ring (bicyclic) bond motifs is 1. The fourth-order valence-corrected chi connectivity index (χ4v) is 4.23. The molecular formula is C19H15ClFN5O3S. The van der Waals surface area contributed by atoms with Gasteiger partial charge in [0.25, 0.3) is 0 Å². The molecule has 0 saturated heterocycles. The summed E-state index contributed by atoms with van der Waals surface area (Å²) in [6.07, 6.45) is 0. The number of aromatic nitrogens is 4. The fraction of sp³-hybridized carbons (Fsp3) is 0.105. The maximum Gasteiger partial charge on any atom is 0.242 e. The topological polar surface area (TPSA) is 98.5 Å². The minimum Gasteiger partial charge on any atom is -0.475 e. The van der Waals surface area contributed by atoms with E-state index in [0.29, 0.717) is 17.0 Å². The molecule has 0 atom stereocenters. The van der Waals surface area contributed by atoms with E-state index in [2.05, 4.69) is 20.0 Å². The third-order valence-electron chi connectivity index (χ3n) is 4.11. The van der Waals surface area contributed by atoms with Gasteiger partial charge in [-0.15, -0.1) is 15.3 Å². The number of rotatable bonds is 7. The van der Waals surface area contributed by atoms with Gasteiger partial charge in [0.15, 0.2) is 11.5 Å². The van der Waals surface area contributed by atoms with Crippen molar-refractivity contribution in [3.05, 3.63) is 71.5 Å². The summed E-state index contributed by atoms with van der Waals surface area (Å²) in [5.41, 5.74) is 1.13. The van der Waals surface area contributed by atoms with Crippen LogP contribution in [0.25, 0.3) is 17.0 Å². The molecule has 2 heterocycles. The van der Waals surface area contributed by atoms with E-state index in [-0.39, 0.29) is 34.8 Å². The quantitative estimate of drug-likeness (QED) is 0.437. The number of nitrogens with zero attached hydrogens (tertiary/aromatic N) is 4. The van der Waals surface area contributed by atoms with Crippen LogP contribution in [0.5, 0.6) is 5.88 Å². The predicted octanol–water partition coefficient (Wildman–Crippen LogP) is 2.94. The first-order chi connectivity index (χ1) is 14.4. The van der Waals surface area contributed by atoms with Crippen molar-refractivity contribution in [3.8, 4) is 17.3 Å². The van der Waals surface area contributed by atoms with Crippen molar-refractivity contribution in [3.63, 3.8) is 0 Å². The van der Waals surface area contributed by atoms with E-state index in [9.17, 15) is 12.8 Å². The molecule has 4 rings (SSSR count). The Morgan fingerprint density at radius 3 is 2.57 bits per heavy atom. The Kier molecular flexibility index (Phi) is 5.62. The lowest BCUT2D eigenvalue weighted by atomic mass is 10.2. The maximum absolute atomic E-state index is 13.2. The van der Waals surface area contributed by atoms with Crippen molar-refractivity contribution in [2.75, 3.05) is 13.2 Å². The highest BCUT2D eigenvalue weighted by atomic mass is 35.5. The van der Waals surface area contributed by atoms with Gasteiger partial charge in [-0.3, -0.25) is 0 Å². The van der Waals surface area contributed by atoms with Gasteiger partial charge in [-0.25, -0.2) is 17.5 Å². The minimum atomic E-state index is -3.76. The minimum absolute atomic E-state index is 0.000333. The molecule has 0 aliphatic rings. The monoisotopic (exact) mass is 447 g/mol. The average Bonchev–Trinajstić information content (AvgIpc) is 3.15. The van der Waals surface area contributed by atoms with E-state index in [1.807, 2.05) is 0 Å². The van der Waals surface area contributed by atoms with Gasteiger partial charge in [-0.2, -0.15) is 4.52 Å². The van der Waals surface area contributed by atoms with Gasteiger partial charge < -0.3 is 4.74 Å². The van der Waals surface area contributed by atoms with E-state index in [0.717, 1.165) is 0 Å². The predicted molar refractivity (Wildman–Crippen MR) is 108 cm³/mol. The lowest BCUT2D eigenvalue weighted by molar-refractivity contribution is 0.306. The highest BCUT2D eigenvalue weighted by Gasteiger charge is 2.17. The third-order valence-corrected chi connectivity index (χ3v) is 6.07. The van der Waals surface area contributed by atoms with Crippen LogP contribution < -0.4 is 9.46 Å². The number of sulfonamides is 1. The van der Waals surface area contributed by atoms with Crippen LogP contribution in [0, 0.1) is 5.82 Å². The van der Waals surface area contributed by atoms with Crippen LogP contribution in [0.3, 0.4) is 0 Å². The Labute approximate surface area is 176 Å². The second-order valence-corrected chi connectivity index (χ2v) is 8.29. The first kappa shape index (κ1) is 20.2. The van der Waals surface area contributed by atoms with Gasteiger partial charge in [-0.05, 0) is 42.5 Å². The van der Waals surface area contributed by atoms with Crippen LogP contribution in [-0.4, -0.2) is 41.4 Å². The fourth-order valence-electron chi connectivity index (χ4n) is 2.70. The largest absolute Gasteiger partial charge is 0.475 e. The molecule has 0 aliphatic heterocycles. The van der Waals surface area contributed by atoms with Crippen LogP contribution in [-0.2, 0) is 10.0 Å². The van der Waals surface area contributed by atoms with Gasteiger partial charge in [0.1, 0.15) is 17.3 Å². The van der Waals surface area contributed by atoms with Gasteiger partial charge in [-0.1, -0.05) is 23.7 Å². The van der Waals surface area contributed by atoms with Crippen molar-refractivity contribution in [1.82, 2.24) is 24.5 Å². The van der Waals surface area contributed by atoms with E-state index in [1.54, 1.807) is 36.4 Å².